The molecule has 0 bridgehead atoms. The Morgan fingerprint density at radius 3 is 2.36 bits per heavy atom. The summed E-state index contributed by atoms with van der Waals surface area (Å²) in [5.74, 6) is -0.101. The summed E-state index contributed by atoms with van der Waals surface area (Å²) in [5.41, 5.74) is 2.71. The lowest BCUT2D eigenvalue weighted by molar-refractivity contribution is -0.122. The van der Waals surface area contributed by atoms with Gasteiger partial charge in [-0.15, -0.1) is 0 Å². The summed E-state index contributed by atoms with van der Waals surface area (Å²) >= 11 is 0. The Morgan fingerprint density at radius 1 is 1.03 bits per heavy atom. The summed E-state index contributed by atoms with van der Waals surface area (Å²) < 4.78 is 32.4. The van der Waals surface area contributed by atoms with Gasteiger partial charge in [-0.2, -0.15) is 0 Å². The summed E-state index contributed by atoms with van der Waals surface area (Å²) in [6.45, 7) is 3.54. The topological polar surface area (TPSA) is 105 Å². The summed E-state index contributed by atoms with van der Waals surface area (Å²) in [6.07, 6.45) is -0.579. The zero-order valence-corrected chi connectivity index (χ0v) is 19.1. The molecule has 8 nitrogen and oxygen atoms in total. The van der Waals surface area contributed by atoms with Crippen molar-refractivity contribution in [2.24, 2.45) is 0 Å². The van der Waals surface area contributed by atoms with Crippen molar-refractivity contribution in [3.05, 3.63) is 77.9 Å². The lowest BCUT2D eigenvalue weighted by atomic mass is 10.1. The maximum atomic E-state index is 12.9. The van der Waals surface area contributed by atoms with Crippen molar-refractivity contribution >= 4 is 38.9 Å². The quantitative estimate of drug-likeness (QED) is 0.597. The number of ether oxygens (including phenoxy) is 1. The minimum Gasteiger partial charge on any atom is -0.479 e. The molecule has 3 aromatic rings. The smallest absolute Gasteiger partial charge is 0.265 e. The van der Waals surface area contributed by atoms with Gasteiger partial charge >= 0.3 is 0 Å². The lowest BCUT2D eigenvalue weighted by Gasteiger charge is -2.23. The second-order valence-corrected chi connectivity index (χ2v) is 9.72. The fourth-order valence-corrected chi connectivity index (χ4v) is 4.52. The number of fused-ring (bicyclic) bond motifs is 1. The number of benzene rings is 3. The van der Waals surface area contributed by atoms with Gasteiger partial charge in [0.25, 0.3) is 21.8 Å². The van der Waals surface area contributed by atoms with Gasteiger partial charge in [-0.1, -0.05) is 17.7 Å². The van der Waals surface area contributed by atoms with Gasteiger partial charge in [-0.25, -0.2) is 8.42 Å². The van der Waals surface area contributed by atoms with Crippen LogP contribution in [0.25, 0.3) is 0 Å². The number of hydrogen-bond acceptors (Lipinski definition) is 5. The number of anilines is 3. The van der Waals surface area contributed by atoms with Crippen LogP contribution in [0.3, 0.4) is 0 Å². The Morgan fingerprint density at radius 2 is 1.70 bits per heavy atom. The number of rotatable bonds is 5. The summed E-state index contributed by atoms with van der Waals surface area (Å²) in [4.78, 5) is 24.7. The molecule has 0 spiro atoms. The van der Waals surface area contributed by atoms with E-state index in [1.54, 1.807) is 73.7 Å². The molecule has 1 aliphatic heterocycles. The molecule has 0 aliphatic carbocycles. The molecular formula is C24H23N3O5S. The number of sulfonamides is 1. The van der Waals surface area contributed by atoms with Crippen molar-refractivity contribution in [3.63, 3.8) is 0 Å². The SMILES string of the molecule is Cc1ccc(S(=O)(=O)N(C)c2ccc(C(=O)Nc3ccc4c(c3)NC(=O)[C@@H](C)O4)cc2)cc1. The molecule has 2 N–H and O–H groups in total. The first-order valence-corrected chi connectivity index (χ1v) is 11.7. The van der Waals surface area contributed by atoms with Gasteiger partial charge in [-0.05, 0) is 68.4 Å². The van der Waals surface area contributed by atoms with Gasteiger partial charge < -0.3 is 15.4 Å². The van der Waals surface area contributed by atoms with E-state index < -0.39 is 16.1 Å². The van der Waals surface area contributed by atoms with Crippen LogP contribution in [0.1, 0.15) is 22.8 Å². The van der Waals surface area contributed by atoms with E-state index in [-0.39, 0.29) is 16.7 Å². The third-order valence-electron chi connectivity index (χ3n) is 5.34. The van der Waals surface area contributed by atoms with Gasteiger partial charge in [0.1, 0.15) is 5.75 Å². The van der Waals surface area contributed by atoms with Crippen LogP contribution < -0.4 is 19.7 Å². The minimum absolute atomic E-state index is 0.190. The summed E-state index contributed by atoms with van der Waals surface area (Å²) in [6, 6.07) is 17.8. The zero-order chi connectivity index (χ0) is 23.8. The average molecular weight is 466 g/mol. The van der Waals surface area contributed by atoms with E-state index in [1.165, 1.54) is 11.4 Å². The van der Waals surface area contributed by atoms with Crippen LogP contribution in [0.2, 0.25) is 0 Å². The Kier molecular flexibility index (Phi) is 5.82. The highest BCUT2D eigenvalue weighted by molar-refractivity contribution is 7.92. The van der Waals surface area contributed by atoms with Crippen molar-refractivity contribution in [2.45, 2.75) is 24.8 Å². The first-order chi connectivity index (χ1) is 15.6. The first kappa shape index (κ1) is 22.3. The zero-order valence-electron chi connectivity index (χ0n) is 18.3. The molecule has 170 valence electrons. The summed E-state index contributed by atoms with van der Waals surface area (Å²) in [7, 11) is -2.25. The van der Waals surface area contributed by atoms with Crippen molar-refractivity contribution in [1.82, 2.24) is 0 Å². The predicted octanol–water partition coefficient (Wildman–Crippen LogP) is 3.79. The van der Waals surface area contributed by atoms with E-state index >= 15 is 0 Å². The van der Waals surface area contributed by atoms with Crippen molar-refractivity contribution in [3.8, 4) is 5.75 Å². The predicted molar refractivity (Wildman–Crippen MR) is 126 cm³/mol. The number of amides is 2. The van der Waals surface area contributed by atoms with Gasteiger partial charge in [-0.3, -0.25) is 13.9 Å². The molecule has 4 rings (SSSR count). The third kappa shape index (κ3) is 4.54. The molecule has 0 saturated carbocycles. The van der Waals surface area contributed by atoms with Crippen LogP contribution >= 0.6 is 0 Å². The number of nitrogens with one attached hydrogen (secondary N) is 2. The number of hydrogen-bond donors (Lipinski definition) is 2. The van der Waals surface area contributed by atoms with Crippen molar-refractivity contribution in [2.75, 3.05) is 22.0 Å². The molecule has 2 amide bonds. The molecule has 0 unspecified atom stereocenters. The Hall–Kier alpha value is -3.85. The highest BCUT2D eigenvalue weighted by Crippen LogP contribution is 2.32. The molecule has 3 aromatic carbocycles. The number of nitrogens with zero attached hydrogens (tertiary/aromatic N) is 1. The summed E-state index contributed by atoms with van der Waals surface area (Å²) in [5, 5.41) is 5.50. The molecule has 9 heteroatoms. The maximum absolute atomic E-state index is 12.9. The Bertz CT molecular complexity index is 1320. The number of carbonyl (C=O) groups is 2. The van der Waals surface area contributed by atoms with E-state index in [1.807, 2.05) is 6.92 Å². The van der Waals surface area contributed by atoms with Crippen molar-refractivity contribution in [1.29, 1.82) is 0 Å². The standard InChI is InChI=1S/C24H23N3O5S/c1-15-4-11-20(12-5-15)33(30,31)27(3)19-9-6-17(7-10-19)24(29)25-18-8-13-22-21(14-18)26-23(28)16(2)32-22/h4-14,16H,1-3H3,(H,25,29)(H,26,28)/t16-/m1/s1. The second kappa shape index (κ2) is 8.59. The molecular weight excluding hydrogens is 442 g/mol. The third-order valence-corrected chi connectivity index (χ3v) is 7.14. The molecule has 0 radical (unpaired) electrons. The lowest BCUT2D eigenvalue weighted by Crippen LogP contribution is -2.34. The van der Waals surface area contributed by atoms with E-state index in [0.29, 0.717) is 28.4 Å². The van der Waals surface area contributed by atoms with Gasteiger partial charge in [0.15, 0.2) is 6.10 Å². The van der Waals surface area contributed by atoms with Crippen LogP contribution in [0.5, 0.6) is 5.75 Å². The van der Waals surface area contributed by atoms with Crippen LogP contribution in [0.4, 0.5) is 17.1 Å². The average Bonchev–Trinajstić information content (AvgIpc) is 2.80. The van der Waals surface area contributed by atoms with E-state index in [4.69, 9.17) is 4.74 Å². The molecule has 0 fully saturated rings. The number of aryl methyl sites for hydroxylation is 1. The largest absolute Gasteiger partial charge is 0.479 e. The van der Waals surface area contributed by atoms with E-state index in [2.05, 4.69) is 10.6 Å². The molecule has 0 saturated heterocycles. The van der Waals surface area contributed by atoms with Gasteiger partial charge in [0.2, 0.25) is 0 Å². The molecule has 1 atom stereocenters. The van der Waals surface area contributed by atoms with Crippen LogP contribution in [0, 0.1) is 6.92 Å². The van der Waals surface area contributed by atoms with Gasteiger partial charge in [0, 0.05) is 18.3 Å². The highest BCUT2D eigenvalue weighted by Gasteiger charge is 2.24. The van der Waals surface area contributed by atoms with Crippen LogP contribution in [-0.2, 0) is 14.8 Å². The van der Waals surface area contributed by atoms with E-state index in [0.717, 1.165) is 5.56 Å². The normalized spacial score (nSPS) is 15.1. The number of carbonyl (C=O) groups excluding carboxylic acids is 2. The Balaban J connectivity index is 1.48. The highest BCUT2D eigenvalue weighted by atomic mass is 32.2. The molecule has 1 heterocycles. The van der Waals surface area contributed by atoms with Gasteiger partial charge in [0.05, 0.1) is 16.3 Å². The van der Waals surface area contributed by atoms with Crippen molar-refractivity contribution < 1.29 is 22.7 Å². The first-order valence-electron chi connectivity index (χ1n) is 10.2. The fraction of sp³-hybridized carbons (Fsp3) is 0.167. The van der Waals surface area contributed by atoms with E-state index in [9.17, 15) is 18.0 Å². The molecule has 1 aliphatic rings. The monoisotopic (exact) mass is 465 g/mol. The molecule has 33 heavy (non-hydrogen) atoms. The Labute approximate surface area is 192 Å². The molecule has 0 aromatic heterocycles. The van der Waals surface area contributed by atoms with Crippen LogP contribution in [0.15, 0.2) is 71.6 Å². The second-order valence-electron chi connectivity index (χ2n) is 7.75. The minimum atomic E-state index is -3.72. The fourth-order valence-electron chi connectivity index (χ4n) is 3.32. The maximum Gasteiger partial charge on any atom is 0.265 e. The van der Waals surface area contributed by atoms with Crippen LogP contribution in [-0.4, -0.2) is 33.4 Å².